The smallest absolute Gasteiger partial charge is 0.262 e. The summed E-state index contributed by atoms with van der Waals surface area (Å²) in [7, 11) is -0.934. The minimum Gasteiger partial charge on any atom is -0.493 e. The molecule has 0 bridgehead atoms. The van der Waals surface area contributed by atoms with E-state index in [1.165, 1.54) is 32.4 Å². The number of carbonyl (C=O) groups is 1. The average Bonchev–Trinajstić information content (AvgIpc) is 2.67. The highest BCUT2D eigenvalue weighted by molar-refractivity contribution is 7.92. The predicted octanol–water partition coefficient (Wildman–Crippen LogP) is 1.44. The van der Waals surface area contributed by atoms with E-state index in [1.54, 1.807) is 24.3 Å². The summed E-state index contributed by atoms with van der Waals surface area (Å²) in [6.45, 7) is 1.28. The van der Waals surface area contributed by atoms with E-state index >= 15 is 0 Å². The third kappa shape index (κ3) is 4.08. The van der Waals surface area contributed by atoms with Crippen LogP contribution < -0.4 is 24.4 Å². The van der Waals surface area contributed by atoms with Crippen LogP contribution in [0.4, 0.5) is 11.4 Å². The molecule has 1 heterocycles. The fourth-order valence-electron chi connectivity index (χ4n) is 2.87. The minimum atomic E-state index is -3.86. The monoisotopic (exact) mass is 391 g/mol. The third-order valence-electron chi connectivity index (χ3n) is 4.19. The molecule has 0 atom stereocenters. The van der Waals surface area contributed by atoms with E-state index in [2.05, 4.69) is 10.0 Å². The van der Waals surface area contributed by atoms with E-state index in [0.29, 0.717) is 36.0 Å². The van der Waals surface area contributed by atoms with Crippen molar-refractivity contribution in [1.82, 2.24) is 5.32 Å². The molecule has 144 valence electrons. The van der Waals surface area contributed by atoms with Crippen molar-refractivity contribution in [3.05, 3.63) is 42.5 Å². The number of sulfonamides is 1. The summed E-state index contributed by atoms with van der Waals surface area (Å²) in [4.78, 5) is 13.6. The van der Waals surface area contributed by atoms with Gasteiger partial charge in [-0.1, -0.05) is 12.1 Å². The van der Waals surface area contributed by atoms with Crippen molar-refractivity contribution in [2.24, 2.45) is 0 Å². The summed E-state index contributed by atoms with van der Waals surface area (Å²) in [5.74, 6) is 0.663. The number of hydrogen-bond donors (Lipinski definition) is 2. The first kappa shape index (κ1) is 18.8. The maximum absolute atomic E-state index is 12.9. The molecule has 1 fully saturated rings. The van der Waals surface area contributed by atoms with Crippen LogP contribution >= 0.6 is 0 Å². The maximum Gasteiger partial charge on any atom is 0.262 e. The van der Waals surface area contributed by atoms with Gasteiger partial charge in [0.2, 0.25) is 5.91 Å². The lowest BCUT2D eigenvalue weighted by molar-refractivity contribution is -0.120. The lowest BCUT2D eigenvalue weighted by Crippen LogP contribution is -2.47. The SMILES string of the molecule is COc1ccc(S(=O)(=O)Nc2ccccc2N2CCNC(=O)C2)cc1OC. The Morgan fingerprint density at radius 1 is 1.07 bits per heavy atom. The number of benzene rings is 2. The molecule has 0 aromatic heterocycles. The Morgan fingerprint density at radius 3 is 2.52 bits per heavy atom. The van der Waals surface area contributed by atoms with Crippen molar-refractivity contribution in [1.29, 1.82) is 0 Å². The van der Waals surface area contributed by atoms with Crippen LogP contribution in [-0.2, 0) is 14.8 Å². The van der Waals surface area contributed by atoms with Gasteiger partial charge in [-0.3, -0.25) is 9.52 Å². The van der Waals surface area contributed by atoms with Crippen molar-refractivity contribution in [3.63, 3.8) is 0 Å². The van der Waals surface area contributed by atoms with Gasteiger partial charge in [-0.25, -0.2) is 8.42 Å². The van der Waals surface area contributed by atoms with Gasteiger partial charge in [-0.15, -0.1) is 0 Å². The number of methoxy groups -OCH3 is 2. The standard InChI is InChI=1S/C18H21N3O5S/c1-25-16-8-7-13(11-17(16)26-2)27(23,24)20-14-5-3-4-6-15(14)21-10-9-19-18(22)12-21/h3-8,11,20H,9-10,12H2,1-2H3,(H,19,22). The summed E-state index contributed by atoms with van der Waals surface area (Å²) in [5, 5.41) is 2.75. The Morgan fingerprint density at radius 2 is 1.81 bits per heavy atom. The van der Waals surface area contributed by atoms with Crippen LogP contribution in [-0.4, -0.2) is 48.2 Å². The van der Waals surface area contributed by atoms with Gasteiger partial charge in [0.15, 0.2) is 11.5 Å². The molecule has 9 heteroatoms. The van der Waals surface area contributed by atoms with Gasteiger partial charge in [0.1, 0.15) is 0 Å². The van der Waals surface area contributed by atoms with Crippen LogP contribution in [0.1, 0.15) is 0 Å². The second kappa shape index (κ2) is 7.75. The van der Waals surface area contributed by atoms with Gasteiger partial charge in [-0.05, 0) is 24.3 Å². The molecule has 0 saturated carbocycles. The fourth-order valence-corrected chi connectivity index (χ4v) is 3.96. The number of ether oxygens (including phenoxy) is 2. The summed E-state index contributed by atoms with van der Waals surface area (Å²) >= 11 is 0. The van der Waals surface area contributed by atoms with Crippen LogP contribution in [0.15, 0.2) is 47.4 Å². The van der Waals surface area contributed by atoms with E-state index in [4.69, 9.17) is 9.47 Å². The molecular formula is C18H21N3O5S. The van der Waals surface area contributed by atoms with Crippen molar-refractivity contribution in [3.8, 4) is 11.5 Å². The molecule has 1 saturated heterocycles. The van der Waals surface area contributed by atoms with Gasteiger partial charge in [0.25, 0.3) is 10.0 Å². The number of nitrogens with one attached hydrogen (secondary N) is 2. The molecule has 1 amide bonds. The lowest BCUT2D eigenvalue weighted by Gasteiger charge is -2.30. The molecular weight excluding hydrogens is 370 g/mol. The first-order valence-corrected chi connectivity index (χ1v) is 9.78. The molecule has 0 aliphatic carbocycles. The largest absolute Gasteiger partial charge is 0.493 e. The zero-order chi connectivity index (χ0) is 19.4. The molecule has 2 aromatic carbocycles. The highest BCUT2D eigenvalue weighted by Crippen LogP contribution is 2.32. The van der Waals surface area contributed by atoms with Gasteiger partial charge in [-0.2, -0.15) is 0 Å². The lowest BCUT2D eigenvalue weighted by atomic mass is 10.2. The normalized spacial score (nSPS) is 14.4. The van der Waals surface area contributed by atoms with Gasteiger partial charge < -0.3 is 19.7 Å². The van der Waals surface area contributed by atoms with Gasteiger partial charge in [0, 0.05) is 19.2 Å². The van der Waals surface area contributed by atoms with Crippen molar-refractivity contribution >= 4 is 27.3 Å². The molecule has 1 aliphatic heterocycles. The number of carbonyl (C=O) groups excluding carboxylic acids is 1. The molecule has 1 aliphatic rings. The molecule has 8 nitrogen and oxygen atoms in total. The summed E-state index contributed by atoms with van der Waals surface area (Å²) in [6, 6.07) is 11.4. The van der Waals surface area contributed by atoms with Crippen LogP contribution in [0.25, 0.3) is 0 Å². The summed E-state index contributed by atoms with van der Waals surface area (Å²) in [5.41, 5.74) is 1.05. The van der Waals surface area contributed by atoms with Gasteiger partial charge >= 0.3 is 0 Å². The number of rotatable bonds is 6. The zero-order valence-corrected chi connectivity index (χ0v) is 15.9. The second-order valence-electron chi connectivity index (χ2n) is 5.91. The van der Waals surface area contributed by atoms with E-state index < -0.39 is 10.0 Å². The maximum atomic E-state index is 12.9. The first-order valence-electron chi connectivity index (χ1n) is 8.30. The average molecular weight is 391 g/mol. The molecule has 27 heavy (non-hydrogen) atoms. The molecule has 3 rings (SSSR count). The van der Waals surface area contributed by atoms with Gasteiger partial charge in [0.05, 0.1) is 37.0 Å². The third-order valence-corrected chi connectivity index (χ3v) is 5.56. The predicted molar refractivity (Wildman–Crippen MR) is 102 cm³/mol. The zero-order valence-electron chi connectivity index (χ0n) is 15.1. The van der Waals surface area contributed by atoms with Crippen LogP contribution in [0.2, 0.25) is 0 Å². The Balaban J connectivity index is 1.92. The van der Waals surface area contributed by atoms with Crippen LogP contribution in [0, 0.1) is 0 Å². The quantitative estimate of drug-likeness (QED) is 0.774. The van der Waals surface area contributed by atoms with Crippen molar-refractivity contribution < 1.29 is 22.7 Å². The molecule has 2 N–H and O–H groups in total. The molecule has 0 spiro atoms. The molecule has 2 aromatic rings. The number of para-hydroxylation sites is 2. The number of piperazine rings is 1. The number of hydrogen-bond acceptors (Lipinski definition) is 6. The van der Waals surface area contributed by atoms with Crippen LogP contribution in [0.5, 0.6) is 11.5 Å². The van der Waals surface area contributed by atoms with E-state index in [9.17, 15) is 13.2 Å². The molecule has 0 unspecified atom stereocenters. The molecule has 0 radical (unpaired) electrons. The first-order chi connectivity index (χ1) is 12.9. The van der Waals surface area contributed by atoms with Crippen molar-refractivity contribution in [2.75, 3.05) is 43.5 Å². The Hall–Kier alpha value is -2.94. The summed E-state index contributed by atoms with van der Waals surface area (Å²) in [6.07, 6.45) is 0. The topological polar surface area (TPSA) is 97.0 Å². The Bertz CT molecular complexity index is 946. The number of anilines is 2. The summed E-state index contributed by atoms with van der Waals surface area (Å²) < 4.78 is 38.7. The minimum absolute atomic E-state index is 0.0475. The Kier molecular flexibility index (Phi) is 5.41. The van der Waals surface area contributed by atoms with E-state index in [0.717, 1.165) is 0 Å². The van der Waals surface area contributed by atoms with Crippen LogP contribution in [0.3, 0.4) is 0 Å². The van der Waals surface area contributed by atoms with E-state index in [-0.39, 0.29) is 17.3 Å². The second-order valence-corrected chi connectivity index (χ2v) is 7.59. The number of nitrogens with zero attached hydrogens (tertiary/aromatic N) is 1. The number of amides is 1. The highest BCUT2D eigenvalue weighted by Gasteiger charge is 2.22. The van der Waals surface area contributed by atoms with E-state index in [1.807, 2.05) is 4.90 Å². The Labute approximate surface area is 158 Å². The fraction of sp³-hybridized carbons (Fsp3) is 0.278. The van der Waals surface area contributed by atoms with Crippen molar-refractivity contribution in [2.45, 2.75) is 4.90 Å². The highest BCUT2D eigenvalue weighted by atomic mass is 32.2.